The first-order valence-electron chi connectivity index (χ1n) is 9.21. The highest BCUT2D eigenvalue weighted by molar-refractivity contribution is 7.85. The first-order valence-corrected chi connectivity index (χ1v) is 10.8. The van der Waals surface area contributed by atoms with Crippen LogP contribution >= 0.6 is 0 Å². The van der Waals surface area contributed by atoms with E-state index in [4.69, 9.17) is 14.0 Å². The van der Waals surface area contributed by atoms with Gasteiger partial charge in [0.25, 0.3) is 10.1 Å². The summed E-state index contributed by atoms with van der Waals surface area (Å²) in [5.41, 5.74) is 0. The van der Waals surface area contributed by atoms with E-state index < -0.39 is 28.0 Å². The Bertz CT molecular complexity index is 751. The van der Waals surface area contributed by atoms with Crippen molar-refractivity contribution in [1.82, 2.24) is 4.90 Å². The zero-order valence-electron chi connectivity index (χ0n) is 16.0. The number of hydrogen-bond acceptors (Lipinski definition) is 7. The van der Waals surface area contributed by atoms with Crippen molar-refractivity contribution in [2.45, 2.75) is 12.1 Å². The summed E-state index contributed by atoms with van der Waals surface area (Å²) in [4.78, 5) is 1.58. The minimum Gasteiger partial charge on any atom is -0.492 e. The third kappa shape index (κ3) is 8.38. The largest absolute Gasteiger partial charge is 0.492 e. The maximum Gasteiger partial charge on any atom is 0.266 e. The molecule has 0 radical (unpaired) electrons. The van der Waals surface area contributed by atoms with E-state index in [1.54, 1.807) is 29.2 Å². The van der Waals surface area contributed by atoms with E-state index in [2.05, 4.69) is 0 Å². The van der Waals surface area contributed by atoms with Gasteiger partial charge in [-0.05, 0) is 24.3 Å². The van der Waals surface area contributed by atoms with E-state index in [1.807, 2.05) is 36.4 Å². The SMILES string of the molecule is O=S(=O)(O)CCN(C(CO)COc1ccccc1)C(CO)COc1ccccc1. The van der Waals surface area contributed by atoms with E-state index in [0.717, 1.165) is 0 Å². The van der Waals surface area contributed by atoms with Crippen molar-refractivity contribution >= 4 is 10.1 Å². The Morgan fingerprint density at radius 2 is 1.21 bits per heavy atom. The molecule has 0 fully saturated rings. The summed E-state index contributed by atoms with van der Waals surface area (Å²) in [7, 11) is -4.22. The Morgan fingerprint density at radius 1 is 0.793 bits per heavy atom. The summed E-state index contributed by atoms with van der Waals surface area (Å²) >= 11 is 0. The molecule has 0 aliphatic heterocycles. The lowest BCUT2D eigenvalue weighted by atomic mass is 10.2. The Labute approximate surface area is 171 Å². The second-order valence-corrected chi connectivity index (χ2v) is 8.02. The summed E-state index contributed by atoms with van der Waals surface area (Å²) in [6.45, 7) is -0.645. The number of aliphatic hydroxyl groups excluding tert-OH is 2. The predicted octanol–water partition coefficient (Wildman–Crippen LogP) is 1.06. The smallest absolute Gasteiger partial charge is 0.266 e. The van der Waals surface area contributed by atoms with E-state index in [-0.39, 0.29) is 33.0 Å². The van der Waals surface area contributed by atoms with Crippen molar-refractivity contribution < 1.29 is 32.7 Å². The van der Waals surface area contributed by atoms with Crippen LogP contribution in [0.4, 0.5) is 0 Å². The zero-order valence-corrected chi connectivity index (χ0v) is 16.8. The molecule has 0 heterocycles. The van der Waals surface area contributed by atoms with Gasteiger partial charge in [0, 0.05) is 6.54 Å². The van der Waals surface area contributed by atoms with Gasteiger partial charge >= 0.3 is 0 Å². The number of rotatable bonds is 13. The molecule has 0 bridgehead atoms. The molecule has 9 heteroatoms. The van der Waals surface area contributed by atoms with Crippen LogP contribution in [0.1, 0.15) is 0 Å². The number of para-hydroxylation sites is 2. The normalized spacial score (nSPS) is 13.8. The lowest BCUT2D eigenvalue weighted by Crippen LogP contribution is -2.53. The number of hydrogen-bond donors (Lipinski definition) is 3. The quantitative estimate of drug-likeness (QED) is 0.408. The summed E-state index contributed by atoms with van der Waals surface area (Å²) in [5, 5.41) is 19.8. The fourth-order valence-corrected chi connectivity index (χ4v) is 3.25. The maximum atomic E-state index is 11.3. The molecule has 2 aromatic rings. The highest BCUT2D eigenvalue weighted by Crippen LogP contribution is 2.15. The van der Waals surface area contributed by atoms with Gasteiger partial charge in [-0.1, -0.05) is 36.4 Å². The van der Waals surface area contributed by atoms with Crippen LogP contribution in [0.2, 0.25) is 0 Å². The summed E-state index contributed by atoms with van der Waals surface area (Å²) in [6.07, 6.45) is 0. The van der Waals surface area contributed by atoms with Gasteiger partial charge in [0.05, 0.1) is 31.1 Å². The fraction of sp³-hybridized carbons (Fsp3) is 0.400. The second-order valence-electron chi connectivity index (χ2n) is 6.44. The van der Waals surface area contributed by atoms with E-state index in [1.165, 1.54) is 0 Å². The van der Waals surface area contributed by atoms with Crippen molar-refractivity contribution in [2.75, 3.05) is 38.7 Å². The van der Waals surface area contributed by atoms with Crippen molar-refractivity contribution in [3.63, 3.8) is 0 Å². The average Bonchev–Trinajstić information content (AvgIpc) is 2.72. The van der Waals surface area contributed by atoms with Crippen LogP contribution in [0.15, 0.2) is 60.7 Å². The zero-order chi connectivity index (χ0) is 21.1. The molecule has 3 N–H and O–H groups in total. The lowest BCUT2D eigenvalue weighted by molar-refractivity contribution is 0.0141. The first-order chi connectivity index (χ1) is 13.9. The highest BCUT2D eigenvalue weighted by Gasteiger charge is 2.28. The second kappa shape index (κ2) is 11.7. The predicted molar refractivity (Wildman–Crippen MR) is 109 cm³/mol. The third-order valence-corrected chi connectivity index (χ3v) is 5.04. The molecule has 0 aromatic heterocycles. The lowest BCUT2D eigenvalue weighted by Gasteiger charge is -2.36. The molecular formula is C20H27NO7S. The molecule has 0 saturated heterocycles. The molecule has 2 atom stereocenters. The van der Waals surface area contributed by atoms with Gasteiger partial charge in [0.1, 0.15) is 24.7 Å². The molecule has 0 saturated carbocycles. The molecule has 29 heavy (non-hydrogen) atoms. The van der Waals surface area contributed by atoms with Crippen molar-refractivity contribution in [1.29, 1.82) is 0 Å². The standard InChI is InChI=1S/C20H27NO7S/c22-13-17(15-27-19-7-3-1-4-8-19)21(11-12-29(24,25)26)18(14-23)16-28-20-9-5-2-6-10-20/h1-10,17-18,22-23H,11-16H2,(H,24,25,26). The first kappa shape index (κ1) is 23.1. The Morgan fingerprint density at radius 3 is 1.55 bits per heavy atom. The van der Waals surface area contributed by atoms with E-state index >= 15 is 0 Å². The number of benzene rings is 2. The molecule has 0 aliphatic carbocycles. The summed E-state index contributed by atoms with van der Waals surface area (Å²) in [6, 6.07) is 16.7. The van der Waals surface area contributed by atoms with Crippen molar-refractivity contribution in [3.8, 4) is 11.5 Å². The van der Waals surface area contributed by atoms with Crippen molar-refractivity contribution in [2.24, 2.45) is 0 Å². The molecule has 0 aliphatic rings. The Balaban J connectivity index is 2.10. The van der Waals surface area contributed by atoms with E-state index in [0.29, 0.717) is 11.5 Å². The molecular weight excluding hydrogens is 398 g/mol. The minimum absolute atomic E-state index is 0.0633. The maximum absolute atomic E-state index is 11.3. The monoisotopic (exact) mass is 425 g/mol. The molecule has 8 nitrogen and oxygen atoms in total. The highest BCUT2D eigenvalue weighted by atomic mass is 32.2. The van der Waals surface area contributed by atoms with Crippen LogP contribution in [0.25, 0.3) is 0 Å². The van der Waals surface area contributed by atoms with Gasteiger partial charge in [-0.15, -0.1) is 0 Å². The minimum atomic E-state index is -4.22. The van der Waals surface area contributed by atoms with Crippen LogP contribution in [-0.4, -0.2) is 78.9 Å². The van der Waals surface area contributed by atoms with Crippen LogP contribution in [0.3, 0.4) is 0 Å². The summed E-state index contributed by atoms with van der Waals surface area (Å²) in [5.74, 6) is 0.653. The molecule has 2 aromatic carbocycles. The van der Waals surface area contributed by atoms with Gasteiger partial charge in [-0.2, -0.15) is 8.42 Å². The molecule has 2 rings (SSSR count). The van der Waals surface area contributed by atoms with Crippen LogP contribution in [0, 0.1) is 0 Å². The summed E-state index contributed by atoms with van der Waals surface area (Å²) < 4.78 is 43.1. The van der Waals surface area contributed by atoms with E-state index in [9.17, 15) is 18.6 Å². The van der Waals surface area contributed by atoms with Gasteiger partial charge < -0.3 is 19.7 Å². The molecule has 2 unspecified atom stereocenters. The number of aliphatic hydroxyl groups is 2. The van der Waals surface area contributed by atoms with Crippen molar-refractivity contribution in [3.05, 3.63) is 60.7 Å². The average molecular weight is 426 g/mol. The van der Waals surface area contributed by atoms with Gasteiger partial charge in [0.2, 0.25) is 0 Å². The van der Waals surface area contributed by atoms with Gasteiger partial charge in [-0.3, -0.25) is 9.45 Å². The molecule has 160 valence electrons. The Hall–Kier alpha value is -2.17. The van der Waals surface area contributed by atoms with Gasteiger partial charge in [-0.25, -0.2) is 0 Å². The topological polar surface area (TPSA) is 117 Å². The number of nitrogens with zero attached hydrogens (tertiary/aromatic N) is 1. The third-order valence-electron chi connectivity index (χ3n) is 4.34. The van der Waals surface area contributed by atoms with Crippen LogP contribution in [0.5, 0.6) is 11.5 Å². The molecule has 0 spiro atoms. The fourth-order valence-electron chi connectivity index (χ4n) is 2.81. The number of ether oxygens (including phenoxy) is 2. The van der Waals surface area contributed by atoms with Crippen LogP contribution in [-0.2, 0) is 10.1 Å². The van der Waals surface area contributed by atoms with Crippen LogP contribution < -0.4 is 9.47 Å². The van der Waals surface area contributed by atoms with Gasteiger partial charge in [0.15, 0.2) is 0 Å². The Kier molecular flexibility index (Phi) is 9.36. The molecule has 0 amide bonds.